The highest BCUT2D eigenvalue weighted by Gasteiger charge is 2.11. The molecule has 0 saturated carbocycles. The molecule has 0 aliphatic carbocycles. The molecule has 0 spiro atoms. The number of hydrogen-bond donors (Lipinski definition) is 3. The van der Waals surface area contributed by atoms with Crippen LogP contribution in [-0.4, -0.2) is 28.1 Å². The summed E-state index contributed by atoms with van der Waals surface area (Å²) in [5, 5.41) is 3.27. The van der Waals surface area contributed by atoms with Gasteiger partial charge in [-0.25, -0.2) is 13.1 Å². The van der Waals surface area contributed by atoms with Gasteiger partial charge in [0.05, 0.1) is 4.90 Å². The predicted molar refractivity (Wildman–Crippen MR) is 78.6 cm³/mol. The Balaban J connectivity index is 2.62. The third kappa shape index (κ3) is 5.18. The second-order valence-electron chi connectivity index (χ2n) is 4.59. The van der Waals surface area contributed by atoms with Gasteiger partial charge in [-0.1, -0.05) is 13.8 Å². The molecule has 0 fully saturated rings. The fourth-order valence-corrected chi connectivity index (χ4v) is 2.75. The summed E-state index contributed by atoms with van der Waals surface area (Å²) in [4.78, 5) is 0.287. The van der Waals surface area contributed by atoms with Crippen LogP contribution in [0.15, 0.2) is 29.2 Å². The Labute approximate surface area is 115 Å². The summed E-state index contributed by atoms with van der Waals surface area (Å²) in [6.07, 6.45) is 0.972. The Bertz CT molecular complexity index is 471. The van der Waals surface area contributed by atoms with Crippen molar-refractivity contribution in [2.24, 2.45) is 11.7 Å². The summed E-state index contributed by atoms with van der Waals surface area (Å²) in [5.74, 6) is 0.496. The average molecular weight is 285 g/mol. The van der Waals surface area contributed by atoms with Gasteiger partial charge in [0.2, 0.25) is 10.0 Å². The van der Waals surface area contributed by atoms with Gasteiger partial charge in [-0.05, 0) is 43.1 Å². The molecule has 0 aliphatic rings. The second-order valence-corrected chi connectivity index (χ2v) is 6.36. The first-order valence-corrected chi connectivity index (χ1v) is 8.01. The Hall–Kier alpha value is -1.11. The van der Waals surface area contributed by atoms with E-state index in [1.807, 2.05) is 0 Å². The van der Waals surface area contributed by atoms with E-state index in [9.17, 15) is 8.42 Å². The van der Waals surface area contributed by atoms with Crippen LogP contribution in [0.25, 0.3) is 0 Å². The zero-order valence-corrected chi connectivity index (χ0v) is 12.3. The van der Waals surface area contributed by atoms with Gasteiger partial charge in [0, 0.05) is 18.8 Å². The van der Waals surface area contributed by atoms with Crippen LogP contribution >= 0.6 is 0 Å². The molecule has 4 N–H and O–H groups in total. The first-order valence-electron chi connectivity index (χ1n) is 6.53. The highest BCUT2D eigenvalue weighted by Crippen LogP contribution is 2.14. The maximum atomic E-state index is 11.7. The topological polar surface area (TPSA) is 84.2 Å². The van der Waals surface area contributed by atoms with E-state index in [0.717, 1.165) is 18.7 Å². The lowest BCUT2D eigenvalue weighted by Crippen LogP contribution is -2.23. The molecule has 1 atom stereocenters. The molecule has 5 nitrogen and oxygen atoms in total. The van der Waals surface area contributed by atoms with Gasteiger partial charge in [-0.2, -0.15) is 0 Å². The van der Waals surface area contributed by atoms with E-state index in [0.29, 0.717) is 19.0 Å². The maximum absolute atomic E-state index is 11.7. The molecule has 6 heteroatoms. The lowest BCUT2D eigenvalue weighted by atomic mass is 10.1. The first-order chi connectivity index (χ1) is 8.99. The Morgan fingerprint density at radius 3 is 2.42 bits per heavy atom. The van der Waals surface area contributed by atoms with Crippen molar-refractivity contribution >= 4 is 15.7 Å². The smallest absolute Gasteiger partial charge is 0.240 e. The molecule has 1 aromatic carbocycles. The monoisotopic (exact) mass is 285 g/mol. The first kappa shape index (κ1) is 15.9. The third-order valence-corrected chi connectivity index (χ3v) is 4.37. The van der Waals surface area contributed by atoms with Crippen LogP contribution < -0.4 is 15.8 Å². The minimum absolute atomic E-state index is 0.287. The van der Waals surface area contributed by atoms with Crippen molar-refractivity contribution in [1.82, 2.24) is 4.72 Å². The number of anilines is 1. The van der Waals surface area contributed by atoms with Crippen LogP contribution in [0.4, 0.5) is 5.69 Å². The molecular weight excluding hydrogens is 262 g/mol. The summed E-state index contributed by atoms with van der Waals surface area (Å²) in [6, 6.07) is 6.76. The van der Waals surface area contributed by atoms with E-state index in [-0.39, 0.29) is 4.90 Å². The zero-order valence-electron chi connectivity index (χ0n) is 11.5. The SMILES string of the molecule is CCNS(=O)(=O)c1ccc(NCC(C)CCN)cc1. The van der Waals surface area contributed by atoms with Crippen molar-refractivity contribution in [3.63, 3.8) is 0 Å². The van der Waals surface area contributed by atoms with E-state index in [1.165, 1.54) is 0 Å². The van der Waals surface area contributed by atoms with Crippen molar-refractivity contribution in [3.05, 3.63) is 24.3 Å². The van der Waals surface area contributed by atoms with Crippen LogP contribution in [0.3, 0.4) is 0 Å². The lowest BCUT2D eigenvalue weighted by Gasteiger charge is -2.13. The molecule has 108 valence electrons. The van der Waals surface area contributed by atoms with E-state index in [2.05, 4.69) is 17.0 Å². The van der Waals surface area contributed by atoms with Crippen LogP contribution in [0.1, 0.15) is 20.3 Å². The fraction of sp³-hybridized carbons (Fsp3) is 0.538. The standard InChI is InChI=1S/C13H23N3O2S/c1-3-16-19(17,18)13-6-4-12(5-7-13)15-10-11(2)8-9-14/h4-7,11,15-16H,3,8-10,14H2,1-2H3. The Kier molecular flexibility index (Phi) is 6.27. The minimum Gasteiger partial charge on any atom is -0.385 e. The van der Waals surface area contributed by atoms with Crippen molar-refractivity contribution in [1.29, 1.82) is 0 Å². The van der Waals surface area contributed by atoms with Gasteiger partial charge in [-0.3, -0.25) is 0 Å². The van der Waals surface area contributed by atoms with E-state index < -0.39 is 10.0 Å². The molecule has 0 heterocycles. The molecule has 1 unspecified atom stereocenters. The minimum atomic E-state index is -3.36. The molecule has 0 amide bonds. The Morgan fingerprint density at radius 1 is 1.26 bits per heavy atom. The van der Waals surface area contributed by atoms with E-state index >= 15 is 0 Å². The molecule has 0 aliphatic heterocycles. The van der Waals surface area contributed by atoms with Crippen molar-refractivity contribution in [3.8, 4) is 0 Å². The van der Waals surface area contributed by atoms with Gasteiger partial charge < -0.3 is 11.1 Å². The van der Waals surface area contributed by atoms with Gasteiger partial charge in [0.25, 0.3) is 0 Å². The molecular formula is C13H23N3O2S. The van der Waals surface area contributed by atoms with E-state index in [4.69, 9.17) is 5.73 Å². The zero-order chi connectivity index (χ0) is 14.3. The van der Waals surface area contributed by atoms with E-state index in [1.54, 1.807) is 31.2 Å². The largest absolute Gasteiger partial charge is 0.385 e. The lowest BCUT2D eigenvalue weighted by molar-refractivity contribution is 0.568. The molecule has 1 rings (SSSR count). The number of hydrogen-bond acceptors (Lipinski definition) is 4. The summed E-state index contributed by atoms with van der Waals surface area (Å²) in [6.45, 7) is 5.79. The average Bonchev–Trinajstić information content (AvgIpc) is 2.37. The summed E-state index contributed by atoms with van der Waals surface area (Å²) >= 11 is 0. The summed E-state index contributed by atoms with van der Waals surface area (Å²) in [7, 11) is -3.36. The number of benzene rings is 1. The van der Waals surface area contributed by atoms with Crippen LogP contribution in [0.2, 0.25) is 0 Å². The Morgan fingerprint density at radius 2 is 1.89 bits per heavy atom. The highest BCUT2D eigenvalue weighted by atomic mass is 32.2. The molecule has 19 heavy (non-hydrogen) atoms. The normalized spacial score (nSPS) is 13.2. The summed E-state index contributed by atoms with van der Waals surface area (Å²) in [5.41, 5.74) is 6.41. The predicted octanol–water partition coefficient (Wildman–Crippen LogP) is 1.38. The van der Waals surface area contributed by atoms with Crippen molar-refractivity contribution in [2.45, 2.75) is 25.2 Å². The van der Waals surface area contributed by atoms with Gasteiger partial charge >= 0.3 is 0 Å². The third-order valence-electron chi connectivity index (χ3n) is 2.81. The van der Waals surface area contributed by atoms with Crippen LogP contribution in [-0.2, 0) is 10.0 Å². The molecule has 0 saturated heterocycles. The number of nitrogens with two attached hydrogens (primary N) is 1. The molecule has 0 aromatic heterocycles. The number of nitrogens with one attached hydrogen (secondary N) is 2. The molecule has 0 radical (unpaired) electrons. The number of rotatable bonds is 8. The molecule has 0 bridgehead atoms. The van der Waals surface area contributed by atoms with Crippen LogP contribution in [0.5, 0.6) is 0 Å². The fourth-order valence-electron chi connectivity index (χ4n) is 1.70. The maximum Gasteiger partial charge on any atom is 0.240 e. The second kappa shape index (κ2) is 7.47. The van der Waals surface area contributed by atoms with Crippen LogP contribution in [0, 0.1) is 5.92 Å². The summed E-state index contributed by atoms with van der Waals surface area (Å²) < 4.78 is 26.0. The van der Waals surface area contributed by atoms with Gasteiger partial charge in [-0.15, -0.1) is 0 Å². The number of sulfonamides is 1. The van der Waals surface area contributed by atoms with Gasteiger partial charge in [0.15, 0.2) is 0 Å². The van der Waals surface area contributed by atoms with Crippen molar-refractivity contribution < 1.29 is 8.42 Å². The highest BCUT2D eigenvalue weighted by molar-refractivity contribution is 7.89. The molecule has 1 aromatic rings. The van der Waals surface area contributed by atoms with Gasteiger partial charge in [0.1, 0.15) is 0 Å². The quantitative estimate of drug-likeness (QED) is 0.674. The van der Waals surface area contributed by atoms with Crippen molar-refractivity contribution in [2.75, 3.05) is 25.0 Å².